The minimum Gasteiger partial charge on any atom is -0.478 e. The number of aromatic carboxylic acids is 1. The molecule has 0 amide bonds. The lowest BCUT2D eigenvalue weighted by Crippen LogP contribution is -2.11. The van der Waals surface area contributed by atoms with E-state index in [0.29, 0.717) is 5.69 Å². The number of aromatic nitrogens is 2. The molecule has 1 aromatic carbocycles. The quantitative estimate of drug-likeness (QED) is 0.894. The molecule has 0 aliphatic carbocycles. The molecule has 0 aliphatic rings. The van der Waals surface area contributed by atoms with Crippen molar-refractivity contribution in [1.29, 1.82) is 0 Å². The fourth-order valence-corrected chi connectivity index (χ4v) is 2.14. The van der Waals surface area contributed by atoms with Crippen LogP contribution in [0, 0.1) is 11.6 Å². The number of nitrogens with one attached hydrogen (secondary N) is 1. The maximum absolute atomic E-state index is 13.6. The van der Waals surface area contributed by atoms with E-state index in [0.717, 1.165) is 12.1 Å². The highest BCUT2D eigenvalue weighted by Gasteiger charge is 2.16. The third kappa shape index (κ3) is 2.79. The minimum absolute atomic E-state index is 0.0158. The molecular formula is C12H10BrF2N3O2. The molecule has 5 nitrogen and oxygen atoms in total. The first-order valence-corrected chi connectivity index (χ1v) is 6.32. The second kappa shape index (κ2) is 5.58. The molecule has 20 heavy (non-hydrogen) atoms. The summed E-state index contributed by atoms with van der Waals surface area (Å²) in [5.41, 5.74) is -0.0112. The highest BCUT2D eigenvalue weighted by molar-refractivity contribution is 9.10. The second-order valence-corrected chi connectivity index (χ2v) is 4.95. The van der Waals surface area contributed by atoms with Crippen LogP contribution in [0.5, 0.6) is 0 Å². The third-order valence-electron chi connectivity index (χ3n) is 2.73. The molecule has 0 saturated carbocycles. The van der Waals surface area contributed by atoms with Gasteiger partial charge < -0.3 is 10.4 Å². The average molecular weight is 346 g/mol. The van der Waals surface area contributed by atoms with E-state index in [1.165, 1.54) is 10.9 Å². The summed E-state index contributed by atoms with van der Waals surface area (Å²) < 4.78 is 28.9. The Kier molecular flexibility index (Phi) is 4.03. The summed E-state index contributed by atoms with van der Waals surface area (Å²) >= 11 is 2.98. The van der Waals surface area contributed by atoms with E-state index in [4.69, 9.17) is 5.11 Å². The number of carboxylic acid groups (broad SMARTS) is 1. The molecule has 106 valence electrons. The topological polar surface area (TPSA) is 67.2 Å². The van der Waals surface area contributed by atoms with E-state index in [1.807, 2.05) is 0 Å². The first kappa shape index (κ1) is 14.4. The van der Waals surface area contributed by atoms with Gasteiger partial charge in [-0.15, -0.1) is 0 Å². The molecule has 8 heteroatoms. The van der Waals surface area contributed by atoms with Crippen LogP contribution >= 0.6 is 15.9 Å². The molecule has 1 aromatic heterocycles. The summed E-state index contributed by atoms with van der Waals surface area (Å²) in [4.78, 5) is 11.0. The van der Waals surface area contributed by atoms with E-state index in [-0.39, 0.29) is 22.3 Å². The van der Waals surface area contributed by atoms with E-state index in [1.54, 1.807) is 7.05 Å². The number of hydrogen-bond acceptors (Lipinski definition) is 3. The predicted molar refractivity (Wildman–Crippen MR) is 71.6 cm³/mol. The molecule has 2 aromatic rings. The van der Waals surface area contributed by atoms with Gasteiger partial charge in [0, 0.05) is 11.5 Å². The summed E-state index contributed by atoms with van der Waals surface area (Å²) in [5.74, 6) is -2.68. The van der Waals surface area contributed by atoms with Crippen molar-refractivity contribution >= 4 is 27.6 Å². The van der Waals surface area contributed by atoms with E-state index in [2.05, 4.69) is 26.3 Å². The Hall–Kier alpha value is -1.96. The standard InChI is InChI=1S/C12H10BrF2N3O2/c1-18-10(7(4-17-18)12(19)20)5-16-11-8(14)2-6(13)3-9(11)15/h2-4,16H,5H2,1H3,(H,19,20). The van der Waals surface area contributed by atoms with Gasteiger partial charge in [0.25, 0.3) is 0 Å². The van der Waals surface area contributed by atoms with Gasteiger partial charge in [-0.3, -0.25) is 4.68 Å². The molecule has 0 fully saturated rings. The van der Waals surface area contributed by atoms with Crippen molar-refractivity contribution in [2.24, 2.45) is 7.05 Å². The Labute approximate surface area is 121 Å². The van der Waals surface area contributed by atoms with Crippen molar-refractivity contribution in [3.63, 3.8) is 0 Å². The Morgan fingerprint density at radius 3 is 2.60 bits per heavy atom. The molecule has 0 aliphatic heterocycles. The van der Waals surface area contributed by atoms with Gasteiger partial charge in [0.05, 0.1) is 18.4 Å². The SMILES string of the molecule is Cn1ncc(C(=O)O)c1CNc1c(F)cc(Br)cc1F. The smallest absolute Gasteiger partial charge is 0.339 e. The van der Waals surface area contributed by atoms with Gasteiger partial charge in [-0.25, -0.2) is 13.6 Å². The van der Waals surface area contributed by atoms with E-state index in [9.17, 15) is 13.6 Å². The lowest BCUT2D eigenvalue weighted by atomic mass is 10.2. The van der Waals surface area contributed by atoms with Crippen molar-refractivity contribution in [2.45, 2.75) is 6.54 Å². The molecule has 2 rings (SSSR count). The van der Waals surface area contributed by atoms with E-state index >= 15 is 0 Å². The van der Waals surface area contributed by atoms with Gasteiger partial charge in [-0.1, -0.05) is 15.9 Å². The fourth-order valence-electron chi connectivity index (χ4n) is 1.73. The third-order valence-corrected chi connectivity index (χ3v) is 3.19. The number of benzene rings is 1. The highest BCUT2D eigenvalue weighted by atomic mass is 79.9. The number of carboxylic acids is 1. The van der Waals surface area contributed by atoms with Crippen LogP contribution in [0.15, 0.2) is 22.8 Å². The lowest BCUT2D eigenvalue weighted by molar-refractivity contribution is 0.0695. The normalized spacial score (nSPS) is 10.6. The molecule has 0 unspecified atom stereocenters. The minimum atomic E-state index is -1.15. The molecule has 2 N–H and O–H groups in total. The zero-order valence-electron chi connectivity index (χ0n) is 10.3. The van der Waals surface area contributed by atoms with Crippen molar-refractivity contribution < 1.29 is 18.7 Å². The van der Waals surface area contributed by atoms with Crippen LogP contribution in [-0.4, -0.2) is 20.9 Å². The summed E-state index contributed by atoms with van der Waals surface area (Å²) in [7, 11) is 1.55. The Bertz CT molecular complexity index is 650. The molecule has 0 radical (unpaired) electrons. The number of anilines is 1. The van der Waals surface area contributed by atoms with Gasteiger partial charge in [0.1, 0.15) is 22.9 Å². The zero-order valence-corrected chi connectivity index (χ0v) is 11.9. The number of aryl methyl sites for hydroxylation is 1. The lowest BCUT2D eigenvalue weighted by Gasteiger charge is -2.10. The van der Waals surface area contributed by atoms with Gasteiger partial charge in [0.2, 0.25) is 0 Å². The maximum atomic E-state index is 13.6. The van der Waals surface area contributed by atoms with Gasteiger partial charge in [-0.2, -0.15) is 5.10 Å². The number of carbonyl (C=O) groups is 1. The number of nitrogens with zero attached hydrogens (tertiary/aromatic N) is 2. The first-order valence-electron chi connectivity index (χ1n) is 5.52. The van der Waals surface area contributed by atoms with Crippen molar-refractivity contribution in [1.82, 2.24) is 9.78 Å². The number of hydrogen-bond donors (Lipinski definition) is 2. The number of rotatable bonds is 4. The van der Waals surface area contributed by atoms with Crippen LogP contribution < -0.4 is 5.32 Å². The van der Waals surface area contributed by atoms with Gasteiger partial charge >= 0.3 is 5.97 Å². The summed E-state index contributed by atoms with van der Waals surface area (Å²) in [6, 6.07) is 2.24. The zero-order chi connectivity index (χ0) is 14.9. The van der Waals surface area contributed by atoms with Crippen LogP contribution in [0.25, 0.3) is 0 Å². The predicted octanol–water partition coefficient (Wildman–Crippen LogP) is 2.77. The van der Waals surface area contributed by atoms with E-state index < -0.39 is 17.6 Å². The first-order chi connectivity index (χ1) is 9.40. The Morgan fingerprint density at radius 1 is 1.45 bits per heavy atom. The van der Waals surface area contributed by atoms with Crippen LogP contribution in [0.1, 0.15) is 16.1 Å². The van der Waals surface area contributed by atoms with Crippen molar-refractivity contribution in [2.75, 3.05) is 5.32 Å². The molecule has 0 bridgehead atoms. The monoisotopic (exact) mass is 345 g/mol. The highest BCUT2D eigenvalue weighted by Crippen LogP contribution is 2.24. The molecular weight excluding hydrogens is 336 g/mol. The maximum Gasteiger partial charge on any atom is 0.339 e. The van der Waals surface area contributed by atoms with Crippen LogP contribution in [0.3, 0.4) is 0 Å². The van der Waals surface area contributed by atoms with Crippen LogP contribution in [0.2, 0.25) is 0 Å². The average Bonchev–Trinajstić information content (AvgIpc) is 2.69. The Balaban J connectivity index is 2.26. The summed E-state index contributed by atoms with van der Waals surface area (Å²) in [5, 5.41) is 15.3. The fraction of sp³-hybridized carbons (Fsp3) is 0.167. The van der Waals surface area contributed by atoms with Crippen molar-refractivity contribution in [3.05, 3.63) is 45.7 Å². The summed E-state index contributed by atoms with van der Waals surface area (Å²) in [6.45, 7) is -0.0619. The molecule has 0 spiro atoms. The van der Waals surface area contributed by atoms with Gasteiger partial charge in [0.15, 0.2) is 0 Å². The second-order valence-electron chi connectivity index (χ2n) is 4.03. The van der Waals surface area contributed by atoms with Crippen molar-refractivity contribution in [3.8, 4) is 0 Å². The number of halogens is 3. The van der Waals surface area contributed by atoms with Crippen LogP contribution in [0.4, 0.5) is 14.5 Å². The summed E-state index contributed by atoms with van der Waals surface area (Å²) in [6.07, 6.45) is 1.19. The molecule has 0 saturated heterocycles. The Morgan fingerprint density at radius 2 is 2.05 bits per heavy atom. The van der Waals surface area contributed by atoms with Gasteiger partial charge in [-0.05, 0) is 12.1 Å². The largest absolute Gasteiger partial charge is 0.478 e. The molecule has 1 heterocycles. The molecule has 0 atom stereocenters. The van der Waals surface area contributed by atoms with Crippen LogP contribution in [-0.2, 0) is 13.6 Å².